The van der Waals surface area contributed by atoms with E-state index >= 15 is 0 Å². The summed E-state index contributed by atoms with van der Waals surface area (Å²) in [6.07, 6.45) is 2.26. The molecule has 1 aromatic carbocycles. The average Bonchev–Trinajstić information content (AvgIpc) is 2.42. The number of halogens is 1. The van der Waals surface area contributed by atoms with E-state index in [0.717, 1.165) is 6.20 Å². The Morgan fingerprint density at radius 1 is 1.33 bits per heavy atom. The van der Waals surface area contributed by atoms with E-state index in [1.807, 2.05) is 0 Å². The molecule has 0 saturated heterocycles. The standard InChI is InChI=1S/C14H12FN3O3/c1-8-5-10(18(20)21)6-9(2)13(8)17-14(19)11-3-4-16-7-12(11)15/h3-7H,1-2H3,(H,17,19). The Labute approximate surface area is 119 Å². The van der Waals surface area contributed by atoms with Crippen LogP contribution in [0.4, 0.5) is 15.8 Å². The van der Waals surface area contributed by atoms with Crippen LogP contribution in [0.15, 0.2) is 30.6 Å². The first kappa shape index (κ1) is 14.6. The third kappa shape index (κ3) is 3.02. The lowest BCUT2D eigenvalue weighted by molar-refractivity contribution is -0.384. The molecule has 0 radical (unpaired) electrons. The summed E-state index contributed by atoms with van der Waals surface area (Å²) in [6, 6.07) is 3.97. The summed E-state index contributed by atoms with van der Waals surface area (Å²) >= 11 is 0. The Morgan fingerprint density at radius 3 is 2.48 bits per heavy atom. The first-order valence-corrected chi connectivity index (χ1v) is 6.06. The van der Waals surface area contributed by atoms with Gasteiger partial charge in [0, 0.05) is 24.0 Å². The first-order chi connectivity index (χ1) is 9.90. The lowest BCUT2D eigenvalue weighted by atomic mass is 10.1. The molecule has 7 heteroatoms. The van der Waals surface area contributed by atoms with Crippen molar-refractivity contribution >= 4 is 17.3 Å². The van der Waals surface area contributed by atoms with Gasteiger partial charge in [0.15, 0.2) is 5.82 Å². The number of hydrogen-bond donors (Lipinski definition) is 1. The fraction of sp³-hybridized carbons (Fsp3) is 0.143. The second-order valence-corrected chi connectivity index (χ2v) is 4.52. The fourth-order valence-electron chi connectivity index (χ4n) is 1.98. The van der Waals surface area contributed by atoms with Gasteiger partial charge in [-0.15, -0.1) is 0 Å². The van der Waals surface area contributed by atoms with Crippen LogP contribution >= 0.6 is 0 Å². The highest BCUT2D eigenvalue weighted by molar-refractivity contribution is 6.05. The molecule has 21 heavy (non-hydrogen) atoms. The fourth-order valence-corrected chi connectivity index (χ4v) is 1.98. The summed E-state index contributed by atoms with van der Waals surface area (Å²) < 4.78 is 13.5. The van der Waals surface area contributed by atoms with Crippen LogP contribution in [0.2, 0.25) is 0 Å². The number of hydrogen-bond acceptors (Lipinski definition) is 4. The van der Waals surface area contributed by atoms with Gasteiger partial charge in [0.25, 0.3) is 11.6 Å². The van der Waals surface area contributed by atoms with Gasteiger partial charge in [0.1, 0.15) is 0 Å². The van der Waals surface area contributed by atoms with Crippen LogP contribution in [0.5, 0.6) is 0 Å². The van der Waals surface area contributed by atoms with Gasteiger partial charge in [0.05, 0.1) is 16.7 Å². The number of non-ortho nitro benzene ring substituents is 1. The number of carbonyl (C=O) groups is 1. The number of anilines is 1. The predicted molar refractivity (Wildman–Crippen MR) is 74.7 cm³/mol. The lowest BCUT2D eigenvalue weighted by Crippen LogP contribution is -2.15. The maximum absolute atomic E-state index is 13.5. The maximum atomic E-state index is 13.5. The zero-order valence-corrected chi connectivity index (χ0v) is 11.4. The van der Waals surface area contributed by atoms with Gasteiger partial charge in [-0.25, -0.2) is 4.39 Å². The number of nitrogens with one attached hydrogen (secondary N) is 1. The third-order valence-electron chi connectivity index (χ3n) is 2.98. The van der Waals surface area contributed by atoms with E-state index < -0.39 is 16.6 Å². The van der Waals surface area contributed by atoms with Crippen LogP contribution in [0.1, 0.15) is 21.5 Å². The van der Waals surface area contributed by atoms with Gasteiger partial charge >= 0.3 is 0 Å². The van der Waals surface area contributed by atoms with Crippen molar-refractivity contribution in [2.24, 2.45) is 0 Å². The van der Waals surface area contributed by atoms with Crippen LogP contribution < -0.4 is 5.32 Å². The van der Waals surface area contributed by atoms with Gasteiger partial charge in [-0.3, -0.25) is 19.9 Å². The molecule has 2 rings (SSSR count). The summed E-state index contributed by atoms with van der Waals surface area (Å²) in [5.74, 6) is -1.36. The Morgan fingerprint density at radius 2 is 1.95 bits per heavy atom. The molecule has 1 aromatic heterocycles. The van der Waals surface area contributed by atoms with Crippen molar-refractivity contribution in [3.05, 3.63) is 63.2 Å². The number of amides is 1. The Hall–Kier alpha value is -2.83. The monoisotopic (exact) mass is 289 g/mol. The van der Waals surface area contributed by atoms with Gasteiger partial charge in [-0.2, -0.15) is 0 Å². The molecule has 0 atom stereocenters. The summed E-state index contributed by atoms with van der Waals surface area (Å²) in [6.45, 7) is 3.27. The molecule has 0 spiro atoms. The summed E-state index contributed by atoms with van der Waals surface area (Å²) in [5, 5.41) is 13.3. The zero-order chi connectivity index (χ0) is 15.6. The second-order valence-electron chi connectivity index (χ2n) is 4.52. The van der Waals surface area contributed by atoms with Gasteiger partial charge in [-0.1, -0.05) is 0 Å². The molecule has 2 aromatic rings. The highest BCUT2D eigenvalue weighted by Crippen LogP contribution is 2.26. The third-order valence-corrected chi connectivity index (χ3v) is 2.98. The SMILES string of the molecule is Cc1cc([N+](=O)[O-])cc(C)c1NC(=O)c1ccncc1F. The zero-order valence-electron chi connectivity index (χ0n) is 11.4. The van der Waals surface area contributed by atoms with Crippen LogP contribution in [-0.2, 0) is 0 Å². The molecular weight excluding hydrogens is 277 g/mol. The predicted octanol–water partition coefficient (Wildman–Crippen LogP) is 3.00. The number of carbonyl (C=O) groups excluding carboxylic acids is 1. The molecule has 0 unspecified atom stereocenters. The topological polar surface area (TPSA) is 85.1 Å². The molecule has 1 heterocycles. The summed E-state index contributed by atoms with van der Waals surface area (Å²) in [7, 11) is 0. The minimum atomic E-state index is -0.729. The number of nitro groups is 1. The maximum Gasteiger partial charge on any atom is 0.270 e. The second kappa shape index (κ2) is 5.66. The minimum Gasteiger partial charge on any atom is -0.321 e. The highest BCUT2D eigenvalue weighted by Gasteiger charge is 2.16. The van der Waals surface area contributed by atoms with E-state index in [4.69, 9.17) is 0 Å². The van der Waals surface area contributed by atoms with E-state index in [0.29, 0.717) is 16.8 Å². The number of aryl methyl sites for hydroxylation is 2. The normalized spacial score (nSPS) is 10.2. The molecule has 1 amide bonds. The van der Waals surface area contributed by atoms with Gasteiger partial charge < -0.3 is 5.32 Å². The van der Waals surface area contributed by atoms with Crippen molar-refractivity contribution < 1.29 is 14.1 Å². The quantitative estimate of drug-likeness (QED) is 0.695. The lowest BCUT2D eigenvalue weighted by Gasteiger charge is -2.11. The van der Waals surface area contributed by atoms with Crippen LogP contribution in [0.25, 0.3) is 0 Å². The number of aromatic nitrogens is 1. The van der Waals surface area contributed by atoms with Crippen molar-refractivity contribution in [2.45, 2.75) is 13.8 Å². The Balaban J connectivity index is 2.34. The van der Waals surface area contributed by atoms with E-state index in [1.54, 1.807) is 13.8 Å². The molecule has 108 valence electrons. The molecule has 6 nitrogen and oxygen atoms in total. The largest absolute Gasteiger partial charge is 0.321 e. The number of nitro benzene ring substituents is 1. The van der Waals surface area contributed by atoms with Gasteiger partial charge in [0.2, 0.25) is 0 Å². The van der Waals surface area contributed by atoms with Crippen molar-refractivity contribution in [3.63, 3.8) is 0 Å². The van der Waals surface area contributed by atoms with E-state index in [2.05, 4.69) is 10.3 Å². The Kier molecular flexibility index (Phi) is 3.93. The van der Waals surface area contributed by atoms with Crippen molar-refractivity contribution in [2.75, 3.05) is 5.32 Å². The average molecular weight is 289 g/mol. The van der Waals surface area contributed by atoms with Crippen molar-refractivity contribution in [1.82, 2.24) is 4.98 Å². The number of rotatable bonds is 3. The van der Waals surface area contributed by atoms with Gasteiger partial charge in [-0.05, 0) is 31.0 Å². The van der Waals surface area contributed by atoms with Crippen molar-refractivity contribution in [1.29, 1.82) is 0 Å². The Bertz CT molecular complexity index is 708. The van der Waals surface area contributed by atoms with Crippen molar-refractivity contribution in [3.8, 4) is 0 Å². The first-order valence-electron chi connectivity index (χ1n) is 6.06. The number of benzene rings is 1. The number of nitrogens with zero attached hydrogens (tertiary/aromatic N) is 2. The van der Waals surface area contributed by atoms with Crippen LogP contribution in [0.3, 0.4) is 0 Å². The molecule has 0 bridgehead atoms. The molecule has 1 N–H and O–H groups in total. The molecular formula is C14H12FN3O3. The minimum absolute atomic E-state index is 0.0573. The summed E-state index contributed by atoms with van der Waals surface area (Å²) in [4.78, 5) is 25.9. The number of pyridine rings is 1. The molecule has 0 fully saturated rings. The summed E-state index contributed by atoms with van der Waals surface area (Å²) in [5.41, 5.74) is 1.30. The van der Waals surface area contributed by atoms with E-state index in [-0.39, 0.29) is 11.3 Å². The molecule has 0 aliphatic rings. The van der Waals surface area contributed by atoms with Crippen LogP contribution in [-0.4, -0.2) is 15.8 Å². The smallest absolute Gasteiger partial charge is 0.270 e. The molecule has 0 aliphatic heterocycles. The highest BCUT2D eigenvalue weighted by atomic mass is 19.1. The molecule has 0 saturated carbocycles. The van der Waals surface area contributed by atoms with E-state index in [9.17, 15) is 19.3 Å². The van der Waals surface area contributed by atoms with Crippen LogP contribution in [0, 0.1) is 29.8 Å². The molecule has 0 aliphatic carbocycles. The van der Waals surface area contributed by atoms with E-state index in [1.165, 1.54) is 24.4 Å².